The molecule has 20 heavy (non-hydrogen) atoms. The fourth-order valence-corrected chi connectivity index (χ4v) is 4.05. The van der Waals surface area contributed by atoms with Crippen molar-refractivity contribution in [1.29, 1.82) is 0 Å². The topological polar surface area (TPSA) is 12.0 Å². The van der Waals surface area contributed by atoms with Crippen molar-refractivity contribution < 1.29 is 0 Å². The molecule has 0 radical (unpaired) electrons. The van der Waals surface area contributed by atoms with Crippen LogP contribution < -0.4 is 5.32 Å². The summed E-state index contributed by atoms with van der Waals surface area (Å²) in [4.78, 5) is 1.41. The SMILES string of the molecule is CCCNC(Cc1sccc1Br)c1cc(C)cc(C)c1. The Labute approximate surface area is 134 Å². The van der Waals surface area contributed by atoms with E-state index in [9.17, 15) is 0 Å². The molecule has 1 aromatic carbocycles. The zero-order chi connectivity index (χ0) is 14.5. The van der Waals surface area contributed by atoms with Gasteiger partial charge < -0.3 is 5.32 Å². The standard InChI is InChI=1S/C17H22BrNS/c1-4-6-19-16(11-17-15(18)5-7-20-17)14-9-12(2)8-13(3)10-14/h5,7-10,16,19H,4,6,11H2,1-3H3. The first-order valence-electron chi connectivity index (χ1n) is 7.13. The summed E-state index contributed by atoms with van der Waals surface area (Å²) >= 11 is 5.47. The van der Waals surface area contributed by atoms with Crippen molar-refractivity contribution in [2.75, 3.05) is 6.54 Å². The molecule has 1 heterocycles. The van der Waals surface area contributed by atoms with Gasteiger partial charge in [0.15, 0.2) is 0 Å². The number of aryl methyl sites for hydroxylation is 2. The molecule has 0 saturated heterocycles. The fraction of sp³-hybridized carbons (Fsp3) is 0.412. The van der Waals surface area contributed by atoms with Crippen LogP contribution in [0.5, 0.6) is 0 Å². The molecule has 0 aliphatic heterocycles. The van der Waals surface area contributed by atoms with Crippen LogP contribution in [0, 0.1) is 13.8 Å². The molecule has 0 bridgehead atoms. The molecule has 1 aromatic heterocycles. The van der Waals surface area contributed by atoms with Gasteiger partial charge in [0.05, 0.1) is 0 Å². The predicted molar refractivity (Wildman–Crippen MR) is 92.7 cm³/mol. The molecule has 2 rings (SSSR count). The number of halogens is 1. The van der Waals surface area contributed by atoms with Crippen LogP contribution in [0.25, 0.3) is 0 Å². The molecule has 2 aromatic rings. The van der Waals surface area contributed by atoms with E-state index in [1.165, 1.54) is 26.0 Å². The van der Waals surface area contributed by atoms with Crippen molar-refractivity contribution in [2.45, 2.75) is 39.7 Å². The van der Waals surface area contributed by atoms with E-state index >= 15 is 0 Å². The van der Waals surface area contributed by atoms with E-state index in [1.807, 2.05) is 11.3 Å². The maximum absolute atomic E-state index is 3.69. The van der Waals surface area contributed by atoms with Crippen molar-refractivity contribution in [3.8, 4) is 0 Å². The maximum atomic E-state index is 3.69. The third kappa shape index (κ3) is 4.18. The molecule has 1 N–H and O–H groups in total. The van der Waals surface area contributed by atoms with Crippen LogP contribution in [-0.2, 0) is 6.42 Å². The minimum atomic E-state index is 0.392. The molecule has 0 aliphatic rings. The average molecular weight is 352 g/mol. The Bertz CT molecular complexity index is 542. The Morgan fingerprint density at radius 1 is 1.20 bits per heavy atom. The summed E-state index contributed by atoms with van der Waals surface area (Å²) in [5.41, 5.74) is 4.08. The highest BCUT2D eigenvalue weighted by Gasteiger charge is 2.14. The van der Waals surface area contributed by atoms with Gasteiger partial charge in [0.2, 0.25) is 0 Å². The number of rotatable bonds is 6. The van der Waals surface area contributed by atoms with Crippen LogP contribution in [0.4, 0.5) is 0 Å². The van der Waals surface area contributed by atoms with Crippen molar-refractivity contribution in [2.24, 2.45) is 0 Å². The highest BCUT2D eigenvalue weighted by molar-refractivity contribution is 9.10. The zero-order valence-electron chi connectivity index (χ0n) is 12.4. The number of hydrogen-bond acceptors (Lipinski definition) is 2. The average Bonchev–Trinajstić information content (AvgIpc) is 2.78. The van der Waals surface area contributed by atoms with Gasteiger partial charge in [-0.1, -0.05) is 36.2 Å². The van der Waals surface area contributed by atoms with Crippen LogP contribution in [0.15, 0.2) is 34.1 Å². The van der Waals surface area contributed by atoms with Gasteiger partial charge in [-0.15, -0.1) is 11.3 Å². The first-order chi connectivity index (χ1) is 9.60. The van der Waals surface area contributed by atoms with Gasteiger partial charge in [0.25, 0.3) is 0 Å². The highest BCUT2D eigenvalue weighted by atomic mass is 79.9. The monoisotopic (exact) mass is 351 g/mol. The Hall–Kier alpha value is -0.640. The summed E-state index contributed by atoms with van der Waals surface area (Å²) in [5.74, 6) is 0. The summed E-state index contributed by atoms with van der Waals surface area (Å²) in [6, 6.07) is 9.38. The Morgan fingerprint density at radius 3 is 2.45 bits per heavy atom. The van der Waals surface area contributed by atoms with E-state index in [1.54, 1.807) is 0 Å². The summed E-state index contributed by atoms with van der Waals surface area (Å²) in [7, 11) is 0. The third-order valence-corrected chi connectivity index (χ3v) is 5.32. The maximum Gasteiger partial charge on any atom is 0.0369 e. The van der Waals surface area contributed by atoms with E-state index in [-0.39, 0.29) is 0 Å². The zero-order valence-corrected chi connectivity index (χ0v) is 14.8. The molecule has 108 valence electrons. The van der Waals surface area contributed by atoms with Gasteiger partial charge in [0.1, 0.15) is 0 Å². The lowest BCUT2D eigenvalue weighted by Gasteiger charge is -2.20. The van der Waals surface area contributed by atoms with Crippen molar-refractivity contribution >= 4 is 27.3 Å². The lowest BCUT2D eigenvalue weighted by Crippen LogP contribution is -2.24. The normalized spacial score (nSPS) is 12.6. The first-order valence-corrected chi connectivity index (χ1v) is 8.81. The molecule has 0 aliphatic carbocycles. The minimum Gasteiger partial charge on any atom is -0.310 e. The quantitative estimate of drug-likeness (QED) is 0.733. The number of thiophene rings is 1. The lowest BCUT2D eigenvalue weighted by molar-refractivity contribution is 0.531. The summed E-state index contributed by atoms with van der Waals surface area (Å²) < 4.78 is 1.23. The molecular formula is C17H22BrNS. The van der Waals surface area contributed by atoms with Crippen LogP contribution in [-0.4, -0.2) is 6.54 Å². The summed E-state index contributed by atoms with van der Waals surface area (Å²) in [5, 5.41) is 5.84. The second kappa shape index (κ2) is 7.39. The van der Waals surface area contributed by atoms with Crippen LogP contribution in [0.3, 0.4) is 0 Å². The van der Waals surface area contributed by atoms with Gasteiger partial charge in [-0.3, -0.25) is 0 Å². The number of nitrogens with one attached hydrogen (secondary N) is 1. The predicted octanol–water partition coefficient (Wildman–Crippen LogP) is 5.41. The molecule has 0 spiro atoms. The van der Waals surface area contributed by atoms with Gasteiger partial charge >= 0.3 is 0 Å². The van der Waals surface area contributed by atoms with Gasteiger partial charge in [-0.05, 0) is 59.8 Å². The van der Waals surface area contributed by atoms with Crippen LogP contribution in [0.1, 0.15) is 41.0 Å². The Kier molecular flexibility index (Phi) is 5.82. The second-order valence-corrected chi connectivity index (χ2v) is 7.18. The molecule has 1 atom stereocenters. The Morgan fingerprint density at radius 2 is 1.90 bits per heavy atom. The molecule has 1 nitrogen and oxygen atoms in total. The van der Waals surface area contributed by atoms with Gasteiger partial charge in [0, 0.05) is 21.8 Å². The van der Waals surface area contributed by atoms with E-state index in [2.05, 4.69) is 71.7 Å². The van der Waals surface area contributed by atoms with E-state index in [0.29, 0.717) is 6.04 Å². The van der Waals surface area contributed by atoms with E-state index < -0.39 is 0 Å². The second-order valence-electron chi connectivity index (χ2n) is 5.32. The number of benzene rings is 1. The van der Waals surface area contributed by atoms with Gasteiger partial charge in [-0.25, -0.2) is 0 Å². The van der Waals surface area contributed by atoms with E-state index in [4.69, 9.17) is 0 Å². The molecule has 3 heteroatoms. The molecule has 0 amide bonds. The van der Waals surface area contributed by atoms with Crippen LogP contribution >= 0.6 is 27.3 Å². The molecular weight excluding hydrogens is 330 g/mol. The fourth-order valence-electron chi connectivity index (χ4n) is 2.49. The van der Waals surface area contributed by atoms with Crippen molar-refractivity contribution in [1.82, 2.24) is 5.32 Å². The smallest absolute Gasteiger partial charge is 0.0369 e. The lowest BCUT2D eigenvalue weighted by atomic mass is 9.98. The molecule has 1 unspecified atom stereocenters. The highest BCUT2D eigenvalue weighted by Crippen LogP contribution is 2.29. The van der Waals surface area contributed by atoms with E-state index in [0.717, 1.165) is 19.4 Å². The minimum absolute atomic E-state index is 0.392. The van der Waals surface area contributed by atoms with Gasteiger partial charge in [-0.2, -0.15) is 0 Å². The molecule has 0 saturated carbocycles. The summed E-state index contributed by atoms with van der Waals surface area (Å²) in [6.07, 6.45) is 2.20. The van der Waals surface area contributed by atoms with Crippen molar-refractivity contribution in [3.05, 3.63) is 55.7 Å². The van der Waals surface area contributed by atoms with Crippen molar-refractivity contribution in [3.63, 3.8) is 0 Å². The molecule has 0 fully saturated rings. The third-order valence-electron chi connectivity index (χ3n) is 3.37. The summed E-state index contributed by atoms with van der Waals surface area (Å²) in [6.45, 7) is 7.62. The first kappa shape index (κ1) is 15.7. The largest absolute Gasteiger partial charge is 0.310 e. The van der Waals surface area contributed by atoms with Crippen LogP contribution in [0.2, 0.25) is 0 Å². The Balaban J connectivity index is 2.24. The number of hydrogen-bond donors (Lipinski definition) is 1.